The predicted octanol–water partition coefficient (Wildman–Crippen LogP) is 3.66. The highest BCUT2D eigenvalue weighted by Gasteiger charge is 2.08. The van der Waals surface area contributed by atoms with Gasteiger partial charge < -0.3 is 14.6 Å². The van der Waals surface area contributed by atoms with Crippen molar-refractivity contribution in [3.63, 3.8) is 0 Å². The number of hydrogen-bond acceptors (Lipinski definition) is 4. The Labute approximate surface area is 140 Å². The number of amides is 1. The quantitative estimate of drug-likeness (QED) is 0.779. The molecule has 5 heteroatoms. The summed E-state index contributed by atoms with van der Waals surface area (Å²) in [7, 11) is 3.47. The van der Waals surface area contributed by atoms with E-state index in [9.17, 15) is 4.79 Å². The maximum absolute atomic E-state index is 11.9. The van der Waals surface area contributed by atoms with E-state index in [1.54, 1.807) is 37.3 Å². The van der Waals surface area contributed by atoms with Gasteiger partial charge in [-0.25, -0.2) is 4.98 Å². The number of aromatic nitrogens is 1. The van der Waals surface area contributed by atoms with Crippen LogP contribution in [-0.4, -0.2) is 29.9 Å². The van der Waals surface area contributed by atoms with Crippen molar-refractivity contribution < 1.29 is 9.21 Å². The third-order valence-electron chi connectivity index (χ3n) is 3.59. The summed E-state index contributed by atoms with van der Waals surface area (Å²) in [4.78, 5) is 17.7. The third kappa shape index (κ3) is 3.63. The zero-order valence-electron chi connectivity index (χ0n) is 13.7. The van der Waals surface area contributed by atoms with Crippen LogP contribution in [0.1, 0.15) is 16.2 Å². The molecule has 0 aliphatic rings. The van der Waals surface area contributed by atoms with Crippen molar-refractivity contribution in [1.29, 1.82) is 0 Å². The van der Waals surface area contributed by atoms with Gasteiger partial charge in [0.25, 0.3) is 5.91 Å². The maximum atomic E-state index is 11.9. The van der Waals surface area contributed by atoms with E-state index in [0.717, 1.165) is 17.0 Å². The lowest BCUT2D eigenvalue weighted by Gasteiger charge is -2.10. The van der Waals surface area contributed by atoms with Crippen molar-refractivity contribution in [3.8, 4) is 11.3 Å². The van der Waals surface area contributed by atoms with Crippen molar-refractivity contribution >= 4 is 11.6 Å². The van der Waals surface area contributed by atoms with Crippen LogP contribution in [0.15, 0.2) is 65.2 Å². The Hall–Kier alpha value is -3.08. The van der Waals surface area contributed by atoms with Crippen LogP contribution in [-0.2, 0) is 6.54 Å². The second-order valence-corrected chi connectivity index (χ2v) is 5.61. The minimum Gasteiger partial charge on any atom is -0.439 e. The van der Waals surface area contributed by atoms with Crippen LogP contribution in [0, 0.1) is 0 Å². The molecule has 0 radical (unpaired) electrons. The molecule has 2 aromatic carbocycles. The van der Waals surface area contributed by atoms with E-state index in [1.165, 1.54) is 0 Å². The lowest BCUT2D eigenvalue weighted by molar-refractivity contribution is 0.0827. The van der Waals surface area contributed by atoms with Gasteiger partial charge in [0.15, 0.2) is 5.76 Å². The van der Waals surface area contributed by atoms with Gasteiger partial charge in [0.2, 0.25) is 5.89 Å². The fraction of sp³-hybridized carbons (Fsp3) is 0.158. The largest absolute Gasteiger partial charge is 0.439 e. The number of oxazole rings is 1. The molecule has 1 amide bonds. The Balaban J connectivity index is 1.62. The number of benzene rings is 2. The SMILES string of the molecule is CN(C)C(=O)c1ccc(NCc2ncc(-c3ccccc3)o2)cc1. The van der Waals surface area contributed by atoms with E-state index >= 15 is 0 Å². The first-order valence-corrected chi connectivity index (χ1v) is 7.69. The first-order chi connectivity index (χ1) is 11.6. The highest BCUT2D eigenvalue weighted by Crippen LogP contribution is 2.20. The number of anilines is 1. The molecule has 1 heterocycles. The van der Waals surface area contributed by atoms with Gasteiger partial charge in [-0.1, -0.05) is 30.3 Å². The Kier molecular flexibility index (Phi) is 4.61. The van der Waals surface area contributed by atoms with Gasteiger partial charge in [0.05, 0.1) is 12.7 Å². The van der Waals surface area contributed by atoms with Gasteiger partial charge in [0, 0.05) is 30.9 Å². The summed E-state index contributed by atoms with van der Waals surface area (Å²) < 4.78 is 5.75. The van der Waals surface area contributed by atoms with Crippen molar-refractivity contribution in [3.05, 3.63) is 72.2 Å². The Morgan fingerprint density at radius 2 is 1.79 bits per heavy atom. The average Bonchev–Trinajstić information content (AvgIpc) is 3.09. The smallest absolute Gasteiger partial charge is 0.253 e. The molecule has 122 valence electrons. The fourth-order valence-electron chi connectivity index (χ4n) is 2.29. The number of rotatable bonds is 5. The molecule has 5 nitrogen and oxygen atoms in total. The topological polar surface area (TPSA) is 58.4 Å². The van der Waals surface area contributed by atoms with Crippen molar-refractivity contribution in [2.45, 2.75) is 6.54 Å². The minimum absolute atomic E-state index is 0.0123. The molecule has 0 spiro atoms. The lowest BCUT2D eigenvalue weighted by atomic mass is 10.2. The summed E-state index contributed by atoms with van der Waals surface area (Å²) in [5, 5.41) is 3.24. The monoisotopic (exact) mass is 321 g/mol. The second kappa shape index (κ2) is 7.00. The number of nitrogens with zero attached hydrogens (tertiary/aromatic N) is 2. The Bertz CT molecular complexity index is 808. The maximum Gasteiger partial charge on any atom is 0.253 e. The Morgan fingerprint density at radius 1 is 1.08 bits per heavy atom. The summed E-state index contributed by atoms with van der Waals surface area (Å²) >= 11 is 0. The van der Waals surface area contributed by atoms with Gasteiger partial charge in [-0.15, -0.1) is 0 Å². The third-order valence-corrected chi connectivity index (χ3v) is 3.59. The summed E-state index contributed by atoms with van der Waals surface area (Å²) in [6, 6.07) is 17.2. The van der Waals surface area contributed by atoms with Crippen molar-refractivity contribution in [2.75, 3.05) is 19.4 Å². The normalized spacial score (nSPS) is 10.4. The predicted molar refractivity (Wildman–Crippen MR) is 93.7 cm³/mol. The molecular weight excluding hydrogens is 302 g/mol. The number of hydrogen-bond donors (Lipinski definition) is 1. The molecular formula is C19H19N3O2. The van der Waals surface area contributed by atoms with E-state index in [1.807, 2.05) is 42.5 Å². The Morgan fingerprint density at radius 3 is 2.46 bits per heavy atom. The van der Waals surface area contributed by atoms with Crippen LogP contribution in [0.4, 0.5) is 5.69 Å². The lowest BCUT2D eigenvalue weighted by Crippen LogP contribution is -2.21. The average molecular weight is 321 g/mol. The summed E-state index contributed by atoms with van der Waals surface area (Å²) in [5.74, 6) is 1.35. The molecule has 3 rings (SSSR count). The van der Waals surface area contributed by atoms with Gasteiger partial charge >= 0.3 is 0 Å². The zero-order chi connectivity index (χ0) is 16.9. The molecule has 0 unspecified atom stereocenters. The van der Waals surface area contributed by atoms with E-state index in [-0.39, 0.29) is 5.91 Å². The molecule has 1 N–H and O–H groups in total. The first-order valence-electron chi connectivity index (χ1n) is 7.69. The zero-order valence-corrected chi connectivity index (χ0v) is 13.7. The molecule has 0 saturated carbocycles. The highest BCUT2D eigenvalue weighted by molar-refractivity contribution is 5.94. The van der Waals surface area contributed by atoms with E-state index in [2.05, 4.69) is 10.3 Å². The summed E-state index contributed by atoms with van der Waals surface area (Å²) in [6.45, 7) is 0.480. The van der Waals surface area contributed by atoms with Crippen LogP contribution in [0.2, 0.25) is 0 Å². The van der Waals surface area contributed by atoms with Gasteiger partial charge in [-0.3, -0.25) is 4.79 Å². The molecule has 0 saturated heterocycles. The summed E-state index contributed by atoms with van der Waals surface area (Å²) in [6.07, 6.45) is 1.73. The minimum atomic E-state index is -0.0123. The van der Waals surface area contributed by atoms with E-state index in [0.29, 0.717) is 18.0 Å². The van der Waals surface area contributed by atoms with Gasteiger partial charge in [0.1, 0.15) is 0 Å². The first kappa shape index (κ1) is 15.8. The molecule has 0 fully saturated rings. The van der Waals surface area contributed by atoms with Gasteiger partial charge in [-0.2, -0.15) is 0 Å². The van der Waals surface area contributed by atoms with Crippen LogP contribution in [0.5, 0.6) is 0 Å². The van der Waals surface area contributed by atoms with Crippen molar-refractivity contribution in [1.82, 2.24) is 9.88 Å². The van der Waals surface area contributed by atoms with Crippen LogP contribution in [0.25, 0.3) is 11.3 Å². The molecule has 0 bridgehead atoms. The van der Waals surface area contributed by atoms with E-state index in [4.69, 9.17) is 4.42 Å². The fourth-order valence-corrected chi connectivity index (χ4v) is 2.29. The second-order valence-electron chi connectivity index (χ2n) is 5.61. The standard InChI is InChI=1S/C19H19N3O2/c1-22(2)19(23)15-8-10-16(11-9-15)20-13-18-21-12-17(24-18)14-6-4-3-5-7-14/h3-12,20H,13H2,1-2H3. The molecule has 0 aliphatic carbocycles. The van der Waals surface area contributed by atoms with Crippen LogP contribution in [0.3, 0.4) is 0 Å². The molecule has 1 aromatic heterocycles. The molecule has 0 atom stereocenters. The number of carbonyl (C=O) groups is 1. The highest BCUT2D eigenvalue weighted by atomic mass is 16.4. The number of carbonyl (C=O) groups excluding carboxylic acids is 1. The van der Waals surface area contributed by atoms with Gasteiger partial charge in [-0.05, 0) is 24.3 Å². The molecule has 3 aromatic rings. The van der Waals surface area contributed by atoms with Crippen LogP contribution < -0.4 is 5.32 Å². The summed E-state index contributed by atoms with van der Waals surface area (Å²) in [5.41, 5.74) is 2.57. The van der Waals surface area contributed by atoms with E-state index < -0.39 is 0 Å². The van der Waals surface area contributed by atoms with Crippen LogP contribution >= 0.6 is 0 Å². The molecule has 24 heavy (non-hydrogen) atoms. The van der Waals surface area contributed by atoms with Crippen molar-refractivity contribution in [2.24, 2.45) is 0 Å². The molecule has 0 aliphatic heterocycles. The number of nitrogens with one attached hydrogen (secondary N) is 1.